The molecule has 48 heavy (non-hydrogen) atoms. The molecule has 3 N–H and O–H groups in total. The molecule has 0 saturated carbocycles. The number of hydrogen-bond donors (Lipinski definition) is 3. The molecule has 3 aliphatic rings. The number of carbonyl (C=O) groups is 3. The summed E-state index contributed by atoms with van der Waals surface area (Å²) >= 11 is 3.59. The van der Waals surface area contributed by atoms with Crippen LogP contribution in [-0.2, 0) is 26.5 Å². The number of amides is 3. The normalized spacial score (nSPS) is 25.1. The number of aliphatic hydroxyl groups excluding tert-OH is 1. The lowest BCUT2D eigenvalue weighted by Gasteiger charge is -2.32. The van der Waals surface area contributed by atoms with Crippen molar-refractivity contribution in [2.45, 2.75) is 69.1 Å². The molecule has 254 valence electrons. The molecule has 0 aliphatic carbocycles. The van der Waals surface area contributed by atoms with Gasteiger partial charge in [-0.3, -0.25) is 14.4 Å². The molecule has 10 nitrogen and oxygen atoms in total. The number of aliphatic hydroxyl groups is 1. The number of rotatable bonds is 9. The standard InChI is InChI=1S/C36H42BrN3O7Si/c1-22-33(48(3,4)45)31(19-32(42)39-17-5-6-27(39)21-41)47-36(22)29-18-25(37)11-16-30(29)40(35(36)44)20-23-7-12-26(13-8-23)38-34(43)24-9-14-28(46-2)15-10-24/h7-16,18,22,27,31,33,41,45H,5-6,17,19-21H2,1-4H3,(H,38,43)/t22-,27+,31+,33-,36+/m1/s1. The minimum absolute atomic E-state index is 0.0323. The first kappa shape index (κ1) is 34.3. The molecule has 3 heterocycles. The molecule has 0 aromatic heterocycles. The molecule has 0 radical (unpaired) electrons. The highest BCUT2D eigenvalue weighted by Gasteiger charge is 2.66. The van der Waals surface area contributed by atoms with Gasteiger partial charge in [0.2, 0.25) is 5.91 Å². The van der Waals surface area contributed by atoms with Gasteiger partial charge in [0.25, 0.3) is 11.8 Å². The van der Waals surface area contributed by atoms with Gasteiger partial charge in [0.05, 0.1) is 44.5 Å². The van der Waals surface area contributed by atoms with Crippen LogP contribution in [0.25, 0.3) is 0 Å². The Morgan fingerprint density at radius 1 is 1.10 bits per heavy atom. The highest BCUT2D eigenvalue weighted by Crippen LogP contribution is 2.60. The molecule has 3 aromatic carbocycles. The largest absolute Gasteiger partial charge is 0.497 e. The maximum atomic E-state index is 14.7. The molecule has 0 unspecified atom stereocenters. The molecule has 2 fully saturated rings. The van der Waals surface area contributed by atoms with Crippen LogP contribution in [0.3, 0.4) is 0 Å². The molecule has 12 heteroatoms. The van der Waals surface area contributed by atoms with Crippen molar-refractivity contribution in [2.24, 2.45) is 5.92 Å². The second-order valence-electron chi connectivity index (χ2n) is 13.6. The van der Waals surface area contributed by atoms with E-state index in [1.807, 2.05) is 50.3 Å². The van der Waals surface area contributed by atoms with E-state index in [0.717, 1.165) is 28.6 Å². The summed E-state index contributed by atoms with van der Waals surface area (Å²) in [6, 6.07) is 19.7. The van der Waals surface area contributed by atoms with Gasteiger partial charge in [0, 0.05) is 39.3 Å². The SMILES string of the molecule is COc1ccc(C(=O)Nc2ccc(CN3C(=O)[C@@]4(O[C@@H](CC(=O)N5CCC[C@H]5CO)[C@H]([Si](C)(C)O)[C@H]4C)c4cc(Br)ccc43)cc2)cc1. The number of likely N-dealkylation sites (tertiary alicyclic amines) is 1. The average Bonchev–Trinajstić information content (AvgIpc) is 3.72. The van der Waals surface area contributed by atoms with E-state index in [1.165, 1.54) is 0 Å². The second-order valence-corrected chi connectivity index (χ2v) is 18.5. The third kappa shape index (κ3) is 6.20. The van der Waals surface area contributed by atoms with E-state index < -0.39 is 25.9 Å². The second kappa shape index (κ2) is 13.4. The number of carbonyl (C=O) groups excluding carboxylic acids is 3. The van der Waals surface area contributed by atoms with Gasteiger partial charge >= 0.3 is 0 Å². The third-order valence-electron chi connectivity index (χ3n) is 10.1. The summed E-state index contributed by atoms with van der Waals surface area (Å²) in [4.78, 5) is 56.1. The van der Waals surface area contributed by atoms with Gasteiger partial charge in [-0.15, -0.1) is 0 Å². The van der Waals surface area contributed by atoms with E-state index in [1.54, 1.807) is 53.3 Å². The summed E-state index contributed by atoms with van der Waals surface area (Å²) in [5.74, 6) is -0.341. The Morgan fingerprint density at radius 3 is 2.46 bits per heavy atom. The molecular weight excluding hydrogens is 694 g/mol. The van der Waals surface area contributed by atoms with E-state index in [0.29, 0.717) is 29.1 Å². The van der Waals surface area contributed by atoms with Crippen LogP contribution in [0.4, 0.5) is 11.4 Å². The van der Waals surface area contributed by atoms with Crippen molar-refractivity contribution >= 4 is 53.3 Å². The summed E-state index contributed by atoms with van der Waals surface area (Å²) in [6.07, 6.45) is 0.952. The first-order valence-corrected chi connectivity index (χ1v) is 20.2. The monoisotopic (exact) mass is 735 g/mol. The molecule has 5 atom stereocenters. The fourth-order valence-electron chi connectivity index (χ4n) is 7.87. The zero-order valence-corrected chi connectivity index (χ0v) is 30.2. The predicted molar refractivity (Wildman–Crippen MR) is 188 cm³/mol. The van der Waals surface area contributed by atoms with Crippen LogP contribution >= 0.6 is 15.9 Å². The van der Waals surface area contributed by atoms with Crippen LogP contribution in [0.15, 0.2) is 71.2 Å². The molecule has 3 aromatic rings. The summed E-state index contributed by atoms with van der Waals surface area (Å²) in [6.45, 7) is 6.39. The Labute approximate surface area is 290 Å². The number of anilines is 2. The summed E-state index contributed by atoms with van der Waals surface area (Å²) in [7, 11) is -1.38. The van der Waals surface area contributed by atoms with Crippen LogP contribution in [0, 0.1) is 5.92 Å². The molecule has 3 aliphatic heterocycles. The summed E-state index contributed by atoms with van der Waals surface area (Å²) in [5.41, 5.74) is 1.64. The van der Waals surface area contributed by atoms with Crippen molar-refractivity contribution in [3.63, 3.8) is 0 Å². The van der Waals surface area contributed by atoms with Gasteiger partial charge in [-0.1, -0.05) is 35.0 Å². The predicted octanol–water partition coefficient (Wildman–Crippen LogP) is 5.43. The van der Waals surface area contributed by atoms with Gasteiger partial charge in [-0.05, 0) is 86.1 Å². The number of methoxy groups -OCH3 is 1. The zero-order valence-electron chi connectivity index (χ0n) is 27.6. The Hall–Kier alpha value is -3.55. The van der Waals surface area contributed by atoms with Crippen LogP contribution in [0.2, 0.25) is 18.6 Å². The maximum absolute atomic E-state index is 14.7. The number of benzene rings is 3. The topological polar surface area (TPSA) is 129 Å². The van der Waals surface area contributed by atoms with Crippen LogP contribution < -0.4 is 15.0 Å². The highest BCUT2D eigenvalue weighted by atomic mass is 79.9. The number of nitrogens with zero attached hydrogens (tertiary/aromatic N) is 2. The Morgan fingerprint density at radius 2 is 1.81 bits per heavy atom. The maximum Gasteiger partial charge on any atom is 0.264 e. The quantitative estimate of drug-likeness (QED) is 0.250. The molecule has 6 rings (SSSR count). The fraction of sp³-hybridized carbons (Fsp3) is 0.417. The lowest BCUT2D eigenvalue weighted by Crippen LogP contribution is -2.46. The Balaban J connectivity index is 1.26. The lowest BCUT2D eigenvalue weighted by molar-refractivity contribution is -0.150. The van der Waals surface area contributed by atoms with Crippen LogP contribution in [-0.4, -0.2) is 73.2 Å². The number of hydrogen-bond acceptors (Lipinski definition) is 7. The smallest absolute Gasteiger partial charge is 0.264 e. The highest BCUT2D eigenvalue weighted by molar-refractivity contribution is 9.10. The third-order valence-corrected chi connectivity index (χ3v) is 13.1. The Bertz CT molecular complexity index is 1700. The van der Waals surface area contributed by atoms with Crippen molar-refractivity contribution in [3.8, 4) is 5.75 Å². The minimum atomic E-state index is -2.95. The average molecular weight is 737 g/mol. The van der Waals surface area contributed by atoms with Crippen LogP contribution in [0.5, 0.6) is 5.75 Å². The van der Waals surface area contributed by atoms with Crippen molar-refractivity contribution in [2.75, 3.05) is 30.5 Å². The van der Waals surface area contributed by atoms with E-state index >= 15 is 0 Å². The molecule has 1 spiro atoms. The first-order valence-electron chi connectivity index (χ1n) is 16.3. The van der Waals surface area contributed by atoms with Crippen molar-refractivity contribution < 1.29 is 33.8 Å². The van der Waals surface area contributed by atoms with Crippen LogP contribution in [0.1, 0.15) is 47.7 Å². The lowest BCUT2D eigenvalue weighted by atomic mass is 9.82. The van der Waals surface area contributed by atoms with Gasteiger partial charge in [0.1, 0.15) is 5.75 Å². The summed E-state index contributed by atoms with van der Waals surface area (Å²) in [5, 5.41) is 12.7. The molecule has 3 amide bonds. The van der Waals surface area contributed by atoms with Gasteiger partial charge in [0.15, 0.2) is 13.9 Å². The Kier molecular flexibility index (Phi) is 9.58. The van der Waals surface area contributed by atoms with Crippen molar-refractivity contribution in [1.82, 2.24) is 4.90 Å². The van der Waals surface area contributed by atoms with E-state index in [4.69, 9.17) is 9.47 Å². The number of ether oxygens (including phenoxy) is 2. The number of fused-ring (bicyclic) bond motifs is 2. The molecule has 2 saturated heterocycles. The van der Waals surface area contributed by atoms with Crippen molar-refractivity contribution in [1.29, 1.82) is 0 Å². The van der Waals surface area contributed by atoms with E-state index in [-0.39, 0.29) is 48.9 Å². The fourth-order valence-corrected chi connectivity index (χ4v) is 10.8. The van der Waals surface area contributed by atoms with Gasteiger partial charge < -0.3 is 34.5 Å². The summed E-state index contributed by atoms with van der Waals surface area (Å²) < 4.78 is 12.8. The van der Waals surface area contributed by atoms with E-state index in [9.17, 15) is 24.3 Å². The van der Waals surface area contributed by atoms with E-state index in [2.05, 4.69) is 21.2 Å². The molecular formula is C36H42BrN3O7Si. The minimum Gasteiger partial charge on any atom is -0.497 e. The van der Waals surface area contributed by atoms with Crippen molar-refractivity contribution in [3.05, 3.63) is 87.9 Å². The zero-order chi connectivity index (χ0) is 34.4. The number of nitrogens with one attached hydrogen (secondary N) is 1. The first-order chi connectivity index (χ1) is 22.9. The van der Waals surface area contributed by atoms with Gasteiger partial charge in [-0.2, -0.15) is 0 Å². The van der Waals surface area contributed by atoms with Gasteiger partial charge in [-0.25, -0.2) is 0 Å². The number of halogens is 1. The molecule has 0 bridgehead atoms.